The van der Waals surface area contributed by atoms with Crippen molar-refractivity contribution in [2.45, 2.75) is 26.2 Å². The number of carbonyl (C=O) groups excluding carboxylic acids is 2. The molecule has 9 nitrogen and oxygen atoms in total. The lowest BCUT2D eigenvalue weighted by Gasteiger charge is -2.26. The van der Waals surface area contributed by atoms with Gasteiger partial charge in [0.05, 0.1) is 0 Å². The van der Waals surface area contributed by atoms with Crippen LogP contribution in [0.25, 0.3) is 11.3 Å². The fourth-order valence-corrected chi connectivity index (χ4v) is 2.75. The van der Waals surface area contributed by atoms with Gasteiger partial charge in [-0.25, -0.2) is 0 Å². The zero-order chi connectivity index (χ0) is 19.9. The number of hydrogen-bond donors (Lipinski definition) is 2. The number of aromatic nitrogens is 2. The number of nitrogens with zero attached hydrogens (tertiary/aromatic N) is 4. The Balaban J connectivity index is 1.54. The van der Waals surface area contributed by atoms with E-state index in [4.69, 9.17) is 10.3 Å². The third kappa shape index (κ3) is 5.03. The van der Waals surface area contributed by atoms with Crippen molar-refractivity contribution in [1.82, 2.24) is 15.0 Å². The number of allylic oxidation sites excluding steroid dienone is 1. The van der Waals surface area contributed by atoms with Crippen molar-refractivity contribution in [3.05, 3.63) is 42.4 Å². The molecule has 0 fully saturated rings. The van der Waals surface area contributed by atoms with E-state index in [1.165, 1.54) is 0 Å². The molecule has 28 heavy (non-hydrogen) atoms. The number of amidine groups is 1. The molecule has 1 aliphatic rings. The van der Waals surface area contributed by atoms with Crippen molar-refractivity contribution < 1.29 is 14.1 Å². The summed E-state index contributed by atoms with van der Waals surface area (Å²) >= 11 is 0. The van der Waals surface area contributed by atoms with E-state index in [0.717, 1.165) is 12.0 Å². The van der Waals surface area contributed by atoms with Gasteiger partial charge in [0.15, 0.2) is 0 Å². The molecule has 0 radical (unpaired) electrons. The SMILES string of the molecule is CC(N)=CC1=NCCCN1C(=O)CCC(=O)Nc1cc(-c2ccncc2)no1. The zero-order valence-corrected chi connectivity index (χ0v) is 15.6. The van der Waals surface area contributed by atoms with E-state index in [0.29, 0.717) is 30.3 Å². The van der Waals surface area contributed by atoms with Gasteiger partial charge in [-0.05, 0) is 31.6 Å². The molecule has 0 spiro atoms. The van der Waals surface area contributed by atoms with Crippen LogP contribution in [0.2, 0.25) is 0 Å². The molecular formula is C19H22N6O3. The molecule has 3 rings (SSSR count). The van der Waals surface area contributed by atoms with Gasteiger partial charge in [0, 0.05) is 55.7 Å². The topological polar surface area (TPSA) is 127 Å². The molecule has 0 aliphatic carbocycles. The molecular weight excluding hydrogens is 360 g/mol. The second-order valence-electron chi connectivity index (χ2n) is 6.39. The van der Waals surface area contributed by atoms with Gasteiger partial charge in [0.2, 0.25) is 17.7 Å². The standard InChI is InChI=1S/C19H22N6O3/c1-13(20)11-16-22-7-2-10-25(16)19(27)4-3-17(26)23-18-12-15(24-28-18)14-5-8-21-9-6-14/h5-6,8-9,11-12H,2-4,7,10,20H2,1H3,(H,23,26). The van der Waals surface area contributed by atoms with Gasteiger partial charge in [-0.3, -0.25) is 29.8 Å². The minimum Gasteiger partial charge on any atom is -0.402 e. The molecule has 146 valence electrons. The monoisotopic (exact) mass is 382 g/mol. The summed E-state index contributed by atoms with van der Waals surface area (Å²) in [7, 11) is 0. The number of nitrogens with one attached hydrogen (secondary N) is 1. The third-order valence-electron chi connectivity index (χ3n) is 4.06. The molecule has 2 amide bonds. The van der Waals surface area contributed by atoms with Gasteiger partial charge >= 0.3 is 0 Å². The summed E-state index contributed by atoms with van der Waals surface area (Å²) in [4.78, 5) is 34.5. The molecule has 0 unspecified atom stereocenters. The molecule has 0 aromatic carbocycles. The summed E-state index contributed by atoms with van der Waals surface area (Å²) in [5.74, 6) is 0.285. The van der Waals surface area contributed by atoms with Crippen molar-refractivity contribution in [3.8, 4) is 11.3 Å². The summed E-state index contributed by atoms with van der Waals surface area (Å²) in [5, 5.41) is 6.54. The number of aliphatic imine (C=N–C) groups is 1. The Kier molecular flexibility index (Phi) is 6.15. The van der Waals surface area contributed by atoms with Gasteiger partial charge < -0.3 is 10.3 Å². The van der Waals surface area contributed by atoms with Crippen LogP contribution in [0, 0.1) is 0 Å². The second-order valence-corrected chi connectivity index (χ2v) is 6.39. The van der Waals surface area contributed by atoms with Gasteiger partial charge in [-0.1, -0.05) is 5.16 Å². The van der Waals surface area contributed by atoms with E-state index >= 15 is 0 Å². The molecule has 3 heterocycles. The molecule has 0 saturated heterocycles. The lowest BCUT2D eigenvalue weighted by atomic mass is 10.2. The number of rotatable bonds is 6. The average molecular weight is 382 g/mol. The highest BCUT2D eigenvalue weighted by Gasteiger charge is 2.21. The van der Waals surface area contributed by atoms with Crippen LogP contribution in [0.1, 0.15) is 26.2 Å². The maximum absolute atomic E-state index is 12.5. The van der Waals surface area contributed by atoms with E-state index in [-0.39, 0.29) is 30.5 Å². The molecule has 2 aromatic rings. The maximum Gasteiger partial charge on any atom is 0.231 e. The van der Waals surface area contributed by atoms with Crippen molar-refractivity contribution in [2.75, 3.05) is 18.4 Å². The van der Waals surface area contributed by atoms with Crippen molar-refractivity contribution >= 4 is 23.5 Å². The van der Waals surface area contributed by atoms with E-state index in [2.05, 4.69) is 20.4 Å². The summed E-state index contributed by atoms with van der Waals surface area (Å²) in [6.45, 7) is 2.97. The number of amides is 2. The highest BCUT2D eigenvalue weighted by molar-refractivity contribution is 6.05. The highest BCUT2D eigenvalue weighted by Crippen LogP contribution is 2.21. The van der Waals surface area contributed by atoms with Crippen LogP contribution >= 0.6 is 0 Å². The first-order valence-electron chi connectivity index (χ1n) is 8.98. The van der Waals surface area contributed by atoms with Crippen molar-refractivity contribution in [1.29, 1.82) is 0 Å². The van der Waals surface area contributed by atoms with Gasteiger partial charge in [-0.2, -0.15) is 0 Å². The summed E-state index contributed by atoms with van der Waals surface area (Å²) in [6.07, 6.45) is 5.84. The number of carbonyl (C=O) groups is 2. The Morgan fingerprint density at radius 1 is 1.32 bits per heavy atom. The largest absolute Gasteiger partial charge is 0.402 e. The number of hydrogen-bond acceptors (Lipinski definition) is 7. The van der Waals surface area contributed by atoms with E-state index in [1.54, 1.807) is 48.5 Å². The predicted molar refractivity (Wildman–Crippen MR) is 104 cm³/mol. The summed E-state index contributed by atoms with van der Waals surface area (Å²) < 4.78 is 5.14. The minimum absolute atomic E-state index is 0.0270. The van der Waals surface area contributed by atoms with Gasteiger partial charge in [-0.15, -0.1) is 0 Å². The molecule has 0 bridgehead atoms. The first-order chi connectivity index (χ1) is 13.5. The maximum atomic E-state index is 12.5. The van der Waals surface area contributed by atoms with Crippen LogP contribution in [-0.4, -0.2) is 45.8 Å². The van der Waals surface area contributed by atoms with E-state index in [9.17, 15) is 9.59 Å². The quantitative estimate of drug-likeness (QED) is 0.786. The van der Waals surface area contributed by atoms with Crippen LogP contribution in [0.15, 0.2) is 51.9 Å². The highest BCUT2D eigenvalue weighted by atomic mass is 16.5. The van der Waals surface area contributed by atoms with Crippen LogP contribution in [0.4, 0.5) is 5.88 Å². The van der Waals surface area contributed by atoms with Crippen molar-refractivity contribution in [3.63, 3.8) is 0 Å². The lowest BCUT2D eigenvalue weighted by Crippen LogP contribution is -2.40. The Hall–Kier alpha value is -3.49. The third-order valence-corrected chi connectivity index (χ3v) is 4.06. The molecule has 3 N–H and O–H groups in total. The Labute approximate surface area is 162 Å². The molecule has 9 heteroatoms. The Morgan fingerprint density at radius 2 is 2.11 bits per heavy atom. The number of pyridine rings is 1. The van der Waals surface area contributed by atoms with Crippen LogP contribution in [0.3, 0.4) is 0 Å². The smallest absolute Gasteiger partial charge is 0.231 e. The fourth-order valence-electron chi connectivity index (χ4n) is 2.75. The molecule has 0 atom stereocenters. The fraction of sp³-hybridized carbons (Fsp3) is 0.316. The molecule has 1 aliphatic heterocycles. The lowest BCUT2D eigenvalue weighted by molar-refractivity contribution is -0.129. The summed E-state index contributed by atoms with van der Waals surface area (Å²) in [5.41, 5.74) is 7.69. The molecule has 0 saturated carbocycles. The van der Waals surface area contributed by atoms with Crippen LogP contribution in [-0.2, 0) is 9.59 Å². The minimum atomic E-state index is -0.327. The van der Waals surface area contributed by atoms with E-state index in [1.807, 2.05) is 0 Å². The van der Waals surface area contributed by atoms with Gasteiger partial charge in [0.1, 0.15) is 11.5 Å². The zero-order valence-electron chi connectivity index (χ0n) is 15.6. The van der Waals surface area contributed by atoms with Gasteiger partial charge in [0.25, 0.3) is 0 Å². The van der Waals surface area contributed by atoms with Crippen LogP contribution in [0.5, 0.6) is 0 Å². The normalized spacial score (nSPS) is 14.5. The predicted octanol–water partition coefficient (Wildman–Crippen LogP) is 1.95. The van der Waals surface area contributed by atoms with Crippen LogP contribution < -0.4 is 11.1 Å². The first-order valence-corrected chi connectivity index (χ1v) is 8.98. The van der Waals surface area contributed by atoms with Crippen molar-refractivity contribution in [2.24, 2.45) is 10.7 Å². The second kappa shape index (κ2) is 8.94. The van der Waals surface area contributed by atoms with E-state index < -0.39 is 0 Å². The average Bonchev–Trinajstić information content (AvgIpc) is 3.15. The Morgan fingerprint density at radius 3 is 2.86 bits per heavy atom. The molecule has 2 aromatic heterocycles. The number of nitrogens with two attached hydrogens (primary N) is 1. The Bertz CT molecular complexity index is 899. The first kappa shape index (κ1) is 19.3. The number of anilines is 1. The summed E-state index contributed by atoms with van der Waals surface area (Å²) in [6, 6.07) is 5.20.